The van der Waals surface area contributed by atoms with Crippen LogP contribution in [0.4, 0.5) is 4.79 Å². The van der Waals surface area contributed by atoms with Gasteiger partial charge in [0.05, 0.1) is 18.8 Å². The van der Waals surface area contributed by atoms with E-state index in [2.05, 4.69) is 29.2 Å². The van der Waals surface area contributed by atoms with Gasteiger partial charge in [0.1, 0.15) is 0 Å². The van der Waals surface area contributed by atoms with Crippen molar-refractivity contribution < 1.29 is 19.4 Å². The molecule has 0 aromatic heterocycles. The van der Waals surface area contributed by atoms with Crippen molar-refractivity contribution >= 4 is 6.03 Å². The molecule has 1 aliphatic rings. The smallest absolute Gasteiger partial charge is 0.315 e. The van der Waals surface area contributed by atoms with Crippen molar-refractivity contribution in [3.63, 3.8) is 0 Å². The predicted molar refractivity (Wildman–Crippen MR) is 148 cm³/mol. The lowest BCUT2D eigenvalue weighted by Crippen LogP contribution is -2.37. The standard InChI is InChI=1S/C31H37N3O4/c1-3-17-34(2)21-28-18-29(26-13-11-25(22-35)12-14-26)38-30(37-28)27-15-9-24(10-16-27)20-33-31(36)32-19-23-7-5-4-6-8-23/h3-16,28-30,35H,1,17-22H2,2H3,(H2,32,33,36). The fourth-order valence-corrected chi connectivity index (χ4v) is 4.49. The number of hydrogen-bond donors (Lipinski definition) is 3. The van der Waals surface area contributed by atoms with E-state index in [1.807, 2.05) is 84.9 Å². The number of urea groups is 1. The second kappa shape index (κ2) is 13.9. The van der Waals surface area contributed by atoms with E-state index in [1.54, 1.807) is 0 Å². The number of amides is 2. The zero-order valence-corrected chi connectivity index (χ0v) is 21.9. The zero-order valence-electron chi connectivity index (χ0n) is 21.9. The Hall–Kier alpha value is -3.49. The molecule has 2 amide bonds. The minimum absolute atomic E-state index is 0.0163. The van der Waals surface area contributed by atoms with E-state index in [0.29, 0.717) is 13.1 Å². The molecule has 4 rings (SSSR count). The number of likely N-dealkylation sites (N-methyl/N-ethyl adjacent to an activating group) is 1. The molecule has 3 atom stereocenters. The van der Waals surface area contributed by atoms with Crippen LogP contribution in [0.1, 0.15) is 46.6 Å². The van der Waals surface area contributed by atoms with Crippen LogP contribution in [0.2, 0.25) is 0 Å². The van der Waals surface area contributed by atoms with Crippen molar-refractivity contribution in [3.05, 3.63) is 119 Å². The van der Waals surface area contributed by atoms with Crippen LogP contribution >= 0.6 is 0 Å². The molecule has 38 heavy (non-hydrogen) atoms. The summed E-state index contributed by atoms with van der Waals surface area (Å²) in [5.41, 5.74) is 4.90. The second-order valence-electron chi connectivity index (χ2n) is 9.62. The van der Waals surface area contributed by atoms with Gasteiger partial charge in [-0.15, -0.1) is 6.58 Å². The SMILES string of the molecule is C=CCN(C)CC1CC(c2ccc(CO)cc2)OC(c2ccc(CNC(=O)NCc3ccccc3)cc2)O1. The van der Waals surface area contributed by atoms with Crippen molar-refractivity contribution in [2.24, 2.45) is 0 Å². The van der Waals surface area contributed by atoms with Gasteiger partial charge < -0.3 is 30.1 Å². The first-order valence-corrected chi connectivity index (χ1v) is 13.0. The Morgan fingerprint density at radius 3 is 2.16 bits per heavy atom. The first-order valence-electron chi connectivity index (χ1n) is 13.0. The predicted octanol–water partition coefficient (Wildman–Crippen LogP) is 4.84. The minimum atomic E-state index is -0.510. The summed E-state index contributed by atoms with van der Waals surface area (Å²) in [5, 5.41) is 15.2. The number of ether oxygens (including phenoxy) is 2. The fraction of sp³-hybridized carbons (Fsp3) is 0.323. The fourth-order valence-electron chi connectivity index (χ4n) is 4.49. The van der Waals surface area contributed by atoms with Crippen LogP contribution in [-0.2, 0) is 29.2 Å². The number of carbonyl (C=O) groups excluding carboxylic acids is 1. The van der Waals surface area contributed by atoms with Gasteiger partial charge in [0.2, 0.25) is 0 Å². The van der Waals surface area contributed by atoms with E-state index in [4.69, 9.17) is 9.47 Å². The summed E-state index contributed by atoms with van der Waals surface area (Å²) in [5.74, 6) is 0. The van der Waals surface area contributed by atoms with Crippen LogP contribution in [-0.4, -0.2) is 42.3 Å². The summed E-state index contributed by atoms with van der Waals surface area (Å²) >= 11 is 0. The molecule has 3 aromatic carbocycles. The van der Waals surface area contributed by atoms with Gasteiger partial charge in [-0.25, -0.2) is 4.79 Å². The number of rotatable bonds is 11. The molecule has 1 fully saturated rings. The average Bonchev–Trinajstić information content (AvgIpc) is 2.96. The van der Waals surface area contributed by atoms with Gasteiger partial charge in [-0.1, -0.05) is 84.9 Å². The third-order valence-electron chi connectivity index (χ3n) is 6.57. The van der Waals surface area contributed by atoms with Crippen LogP contribution < -0.4 is 10.6 Å². The maximum Gasteiger partial charge on any atom is 0.315 e. The quantitative estimate of drug-likeness (QED) is 0.318. The molecule has 3 unspecified atom stereocenters. The van der Waals surface area contributed by atoms with Crippen molar-refractivity contribution in [1.82, 2.24) is 15.5 Å². The molecule has 1 saturated heterocycles. The van der Waals surface area contributed by atoms with E-state index in [9.17, 15) is 9.90 Å². The van der Waals surface area contributed by atoms with Crippen LogP contribution in [0, 0.1) is 0 Å². The molecule has 0 aliphatic carbocycles. The first-order chi connectivity index (χ1) is 18.5. The Kier molecular flexibility index (Phi) is 10.1. The molecular formula is C31H37N3O4. The highest BCUT2D eigenvalue weighted by atomic mass is 16.7. The molecule has 3 aromatic rings. The summed E-state index contributed by atoms with van der Waals surface area (Å²) < 4.78 is 12.8. The van der Waals surface area contributed by atoms with Gasteiger partial charge in [-0.3, -0.25) is 0 Å². The topological polar surface area (TPSA) is 83.1 Å². The molecule has 1 aliphatic heterocycles. The van der Waals surface area contributed by atoms with Crippen LogP contribution in [0.15, 0.2) is 91.5 Å². The van der Waals surface area contributed by atoms with Gasteiger partial charge in [-0.05, 0) is 29.3 Å². The van der Waals surface area contributed by atoms with E-state index < -0.39 is 6.29 Å². The number of aliphatic hydroxyl groups is 1. The van der Waals surface area contributed by atoms with Crippen LogP contribution in [0.3, 0.4) is 0 Å². The summed E-state index contributed by atoms with van der Waals surface area (Å²) in [7, 11) is 2.05. The lowest BCUT2D eigenvalue weighted by Gasteiger charge is -2.37. The monoisotopic (exact) mass is 515 g/mol. The molecule has 0 bridgehead atoms. The van der Waals surface area contributed by atoms with Crippen molar-refractivity contribution in [3.8, 4) is 0 Å². The summed E-state index contributed by atoms with van der Waals surface area (Å²) in [6, 6.07) is 25.4. The van der Waals surface area contributed by atoms with Crippen molar-refractivity contribution in [2.75, 3.05) is 20.1 Å². The Morgan fingerprint density at radius 1 is 0.921 bits per heavy atom. The first kappa shape index (κ1) is 27.5. The summed E-state index contributed by atoms with van der Waals surface area (Å²) in [4.78, 5) is 14.4. The average molecular weight is 516 g/mol. The number of hydrogen-bond acceptors (Lipinski definition) is 5. The third-order valence-corrected chi connectivity index (χ3v) is 6.57. The number of aliphatic hydroxyl groups excluding tert-OH is 1. The Bertz CT molecular complexity index is 1150. The zero-order chi connectivity index (χ0) is 26.7. The summed E-state index contributed by atoms with van der Waals surface area (Å²) in [6.07, 6.45) is 1.96. The maximum atomic E-state index is 12.2. The Balaban J connectivity index is 1.37. The van der Waals surface area contributed by atoms with Gasteiger partial charge in [0.15, 0.2) is 6.29 Å². The van der Waals surface area contributed by atoms with Gasteiger partial charge in [0.25, 0.3) is 0 Å². The number of nitrogens with zero attached hydrogens (tertiary/aromatic N) is 1. The van der Waals surface area contributed by atoms with E-state index in [-0.39, 0.29) is 24.8 Å². The molecular weight excluding hydrogens is 478 g/mol. The molecule has 7 nitrogen and oxygen atoms in total. The Morgan fingerprint density at radius 2 is 1.53 bits per heavy atom. The highest BCUT2D eigenvalue weighted by Crippen LogP contribution is 2.38. The molecule has 1 heterocycles. The maximum absolute atomic E-state index is 12.2. The van der Waals surface area contributed by atoms with E-state index >= 15 is 0 Å². The van der Waals surface area contributed by atoms with E-state index in [1.165, 1.54) is 0 Å². The largest absolute Gasteiger partial charge is 0.392 e. The van der Waals surface area contributed by atoms with Crippen LogP contribution in [0.5, 0.6) is 0 Å². The Labute approximate surface area is 225 Å². The lowest BCUT2D eigenvalue weighted by atomic mass is 9.99. The molecule has 200 valence electrons. The molecule has 0 saturated carbocycles. The summed E-state index contributed by atoms with van der Waals surface area (Å²) in [6.45, 7) is 6.29. The molecule has 0 radical (unpaired) electrons. The van der Waals surface area contributed by atoms with E-state index in [0.717, 1.165) is 47.3 Å². The van der Waals surface area contributed by atoms with Gasteiger partial charge in [0, 0.05) is 38.2 Å². The number of benzene rings is 3. The van der Waals surface area contributed by atoms with Gasteiger partial charge in [-0.2, -0.15) is 0 Å². The van der Waals surface area contributed by atoms with Crippen LogP contribution in [0.25, 0.3) is 0 Å². The normalized spacial score (nSPS) is 19.2. The van der Waals surface area contributed by atoms with Gasteiger partial charge >= 0.3 is 6.03 Å². The molecule has 0 spiro atoms. The van der Waals surface area contributed by atoms with Crippen molar-refractivity contribution in [1.29, 1.82) is 0 Å². The number of nitrogens with one attached hydrogen (secondary N) is 2. The highest BCUT2D eigenvalue weighted by Gasteiger charge is 2.32. The number of carbonyl (C=O) groups is 1. The minimum Gasteiger partial charge on any atom is -0.392 e. The third kappa shape index (κ3) is 8.00. The highest BCUT2D eigenvalue weighted by molar-refractivity contribution is 5.73. The van der Waals surface area contributed by atoms with Crippen molar-refractivity contribution in [2.45, 2.75) is 44.6 Å². The molecule has 7 heteroatoms. The lowest BCUT2D eigenvalue weighted by molar-refractivity contribution is -0.252. The second-order valence-corrected chi connectivity index (χ2v) is 9.62. The molecule has 3 N–H and O–H groups in total.